The number of hydrogen-bond donors (Lipinski definition) is 2. The van der Waals surface area contributed by atoms with Crippen molar-refractivity contribution in [2.75, 3.05) is 26.4 Å². The summed E-state index contributed by atoms with van der Waals surface area (Å²) in [5.41, 5.74) is 0. The van der Waals surface area contributed by atoms with Crippen molar-refractivity contribution >= 4 is 0 Å². The Morgan fingerprint density at radius 3 is 2.06 bits per heavy atom. The van der Waals surface area contributed by atoms with E-state index in [1.807, 2.05) is 0 Å². The molecule has 0 aromatic carbocycles. The molecular formula is C12H20O6. The van der Waals surface area contributed by atoms with Crippen molar-refractivity contribution in [3.8, 4) is 0 Å². The van der Waals surface area contributed by atoms with Gasteiger partial charge in [-0.15, -0.1) is 0 Å². The maximum atomic E-state index is 10.1. The van der Waals surface area contributed by atoms with Crippen LogP contribution in [0.25, 0.3) is 0 Å². The predicted octanol–water partition coefficient (Wildman–Crippen LogP) is -0.930. The Morgan fingerprint density at radius 2 is 1.50 bits per heavy atom. The minimum absolute atomic E-state index is 0.0965. The van der Waals surface area contributed by atoms with Gasteiger partial charge in [-0.2, -0.15) is 0 Å². The zero-order valence-corrected chi connectivity index (χ0v) is 10.2. The Kier molecular flexibility index (Phi) is 3.83. The summed E-state index contributed by atoms with van der Waals surface area (Å²) in [6, 6.07) is 0. The first-order valence-electron chi connectivity index (χ1n) is 6.55. The largest absolute Gasteiger partial charge is 0.390 e. The van der Waals surface area contributed by atoms with Crippen molar-refractivity contribution < 1.29 is 29.2 Å². The third-order valence-electron chi connectivity index (χ3n) is 3.48. The van der Waals surface area contributed by atoms with Crippen LogP contribution in [0.3, 0.4) is 0 Å². The van der Waals surface area contributed by atoms with Crippen LogP contribution in [0, 0.1) is 0 Å². The van der Waals surface area contributed by atoms with Crippen molar-refractivity contribution in [2.45, 2.75) is 49.5 Å². The molecule has 3 aliphatic heterocycles. The van der Waals surface area contributed by atoms with E-state index in [4.69, 9.17) is 18.9 Å². The minimum Gasteiger partial charge on any atom is -0.390 e. The molecule has 0 spiro atoms. The highest BCUT2D eigenvalue weighted by molar-refractivity contribution is 4.86. The molecule has 18 heavy (non-hydrogen) atoms. The second-order valence-electron chi connectivity index (χ2n) is 5.27. The fourth-order valence-electron chi connectivity index (χ4n) is 2.03. The van der Waals surface area contributed by atoms with Crippen molar-refractivity contribution in [3.63, 3.8) is 0 Å². The predicted molar refractivity (Wildman–Crippen MR) is 60.2 cm³/mol. The highest BCUT2D eigenvalue weighted by Gasteiger charge is 2.38. The Labute approximate surface area is 106 Å². The summed E-state index contributed by atoms with van der Waals surface area (Å²) in [5.74, 6) is 0. The Morgan fingerprint density at radius 1 is 0.944 bits per heavy atom. The number of ether oxygens (including phenoxy) is 4. The van der Waals surface area contributed by atoms with Crippen LogP contribution in [-0.2, 0) is 18.9 Å². The zero-order valence-electron chi connectivity index (χ0n) is 10.2. The van der Waals surface area contributed by atoms with Gasteiger partial charge in [0.1, 0.15) is 12.2 Å². The fraction of sp³-hybridized carbons (Fsp3) is 1.00. The monoisotopic (exact) mass is 260 g/mol. The van der Waals surface area contributed by atoms with Gasteiger partial charge in [0.25, 0.3) is 0 Å². The molecule has 6 nitrogen and oxygen atoms in total. The fourth-order valence-corrected chi connectivity index (χ4v) is 2.03. The molecule has 3 fully saturated rings. The van der Waals surface area contributed by atoms with Gasteiger partial charge in [0, 0.05) is 12.8 Å². The van der Waals surface area contributed by atoms with E-state index in [9.17, 15) is 10.2 Å². The van der Waals surface area contributed by atoms with E-state index in [1.165, 1.54) is 0 Å². The Balaban J connectivity index is 1.47. The van der Waals surface area contributed by atoms with Gasteiger partial charge in [-0.25, -0.2) is 0 Å². The number of rotatable bonds is 9. The van der Waals surface area contributed by atoms with E-state index < -0.39 is 18.3 Å². The molecule has 2 N–H and O–H groups in total. The summed E-state index contributed by atoms with van der Waals surface area (Å²) >= 11 is 0. The van der Waals surface area contributed by atoms with E-state index >= 15 is 0 Å². The van der Waals surface area contributed by atoms with Crippen LogP contribution in [0.15, 0.2) is 0 Å². The van der Waals surface area contributed by atoms with E-state index in [0.29, 0.717) is 32.7 Å². The van der Waals surface area contributed by atoms with Gasteiger partial charge in [0.05, 0.1) is 50.8 Å². The lowest BCUT2D eigenvalue weighted by molar-refractivity contribution is -0.0995. The normalized spacial score (nSPS) is 38.0. The highest BCUT2D eigenvalue weighted by Crippen LogP contribution is 2.25. The first-order valence-corrected chi connectivity index (χ1v) is 6.55. The van der Waals surface area contributed by atoms with Gasteiger partial charge in [-0.3, -0.25) is 0 Å². The van der Waals surface area contributed by atoms with E-state index in [1.54, 1.807) is 0 Å². The van der Waals surface area contributed by atoms with Gasteiger partial charge in [0.15, 0.2) is 0 Å². The number of epoxide rings is 3. The van der Waals surface area contributed by atoms with Crippen molar-refractivity contribution in [3.05, 3.63) is 0 Å². The molecule has 6 unspecified atom stereocenters. The van der Waals surface area contributed by atoms with Crippen LogP contribution >= 0.6 is 0 Å². The van der Waals surface area contributed by atoms with Crippen molar-refractivity contribution in [1.29, 1.82) is 0 Å². The Hall–Kier alpha value is -0.240. The van der Waals surface area contributed by atoms with Crippen LogP contribution in [0.5, 0.6) is 0 Å². The minimum atomic E-state index is -0.892. The highest BCUT2D eigenvalue weighted by atomic mass is 16.6. The number of hydrogen-bond acceptors (Lipinski definition) is 6. The topological polar surface area (TPSA) is 87.3 Å². The van der Waals surface area contributed by atoms with E-state index in [2.05, 4.69) is 0 Å². The molecule has 3 rings (SSSR count). The summed E-state index contributed by atoms with van der Waals surface area (Å²) in [4.78, 5) is 0. The Bertz CT molecular complexity index is 274. The molecule has 0 saturated carbocycles. The van der Waals surface area contributed by atoms with Gasteiger partial charge >= 0.3 is 0 Å². The van der Waals surface area contributed by atoms with E-state index in [-0.39, 0.29) is 18.3 Å². The van der Waals surface area contributed by atoms with Gasteiger partial charge in [-0.1, -0.05) is 0 Å². The molecular weight excluding hydrogens is 240 g/mol. The molecule has 104 valence electrons. The molecule has 0 radical (unpaired) electrons. The lowest BCUT2D eigenvalue weighted by Crippen LogP contribution is -2.41. The summed E-state index contributed by atoms with van der Waals surface area (Å²) in [7, 11) is 0. The molecule has 0 aliphatic carbocycles. The van der Waals surface area contributed by atoms with Crippen LogP contribution < -0.4 is 0 Å². The second kappa shape index (κ2) is 5.40. The standard InChI is InChI=1S/C12H20O6/c13-10(1-7-3-15-7)12(14)11(2-8-4-16-8)18-6-9-5-17-9/h7-14H,1-6H2. The number of aliphatic hydroxyl groups excluding tert-OH is 2. The van der Waals surface area contributed by atoms with E-state index in [0.717, 1.165) is 6.61 Å². The molecule has 3 aliphatic rings. The maximum Gasteiger partial charge on any atom is 0.106 e. The van der Waals surface area contributed by atoms with Crippen LogP contribution in [0.2, 0.25) is 0 Å². The summed E-state index contributed by atoms with van der Waals surface area (Å²) in [6.45, 7) is 2.59. The first kappa shape index (κ1) is 12.8. The van der Waals surface area contributed by atoms with Crippen LogP contribution in [-0.4, -0.2) is 73.3 Å². The SMILES string of the molecule is OC(CC1CO1)C(O)C(CC1CO1)OCC1CO1. The zero-order chi connectivity index (χ0) is 12.5. The van der Waals surface area contributed by atoms with Crippen molar-refractivity contribution in [2.24, 2.45) is 0 Å². The lowest BCUT2D eigenvalue weighted by Gasteiger charge is -2.26. The molecule has 6 atom stereocenters. The average molecular weight is 260 g/mol. The van der Waals surface area contributed by atoms with Gasteiger partial charge in [-0.05, 0) is 0 Å². The molecule has 6 heteroatoms. The lowest BCUT2D eigenvalue weighted by atomic mass is 10.00. The molecule has 0 bridgehead atoms. The van der Waals surface area contributed by atoms with Gasteiger partial charge in [0.2, 0.25) is 0 Å². The summed E-state index contributed by atoms with van der Waals surface area (Å²) in [6.07, 6.45) is -0.589. The summed E-state index contributed by atoms with van der Waals surface area (Å²) < 4.78 is 20.9. The number of aliphatic hydroxyl groups is 2. The van der Waals surface area contributed by atoms with Crippen LogP contribution in [0.1, 0.15) is 12.8 Å². The third-order valence-corrected chi connectivity index (χ3v) is 3.48. The molecule has 0 amide bonds. The first-order chi connectivity index (χ1) is 8.72. The molecule has 0 aromatic heterocycles. The average Bonchev–Trinajstić information content (AvgIpc) is 3.19. The molecule has 3 saturated heterocycles. The molecule has 3 heterocycles. The van der Waals surface area contributed by atoms with Crippen molar-refractivity contribution in [1.82, 2.24) is 0 Å². The molecule has 0 aromatic rings. The third kappa shape index (κ3) is 3.88. The smallest absolute Gasteiger partial charge is 0.106 e. The van der Waals surface area contributed by atoms with Gasteiger partial charge < -0.3 is 29.2 Å². The second-order valence-corrected chi connectivity index (χ2v) is 5.27. The quantitative estimate of drug-likeness (QED) is 0.521. The van der Waals surface area contributed by atoms with Crippen LogP contribution in [0.4, 0.5) is 0 Å². The maximum absolute atomic E-state index is 10.1. The summed E-state index contributed by atoms with van der Waals surface area (Å²) in [5, 5.41) is 20.1.